The first-order valence-corrected chi connectivity index (χ1v) is 9.09. The van der Waals surface area contributed by atoms with Gasteiger partial charge in [-0.3, -0.25) is 9.59 Å². The van der Waals surface area contributed by atoms with Crippen molar-refractivity contribution in [2.75, 3.05) is 5.32 Å². The average molecular weight is 368 g/mol. The summed E-state index contributed by atoms with van der Waals surface area (Å²) in [5.74, 6) is 0.673. The summed E-state index contributed by atoms with van der Waals surface area (Å²) in [4.78, 5) is 25.6. The molecule has 3 aromatic rings. The van der Waals surface area contributed by atoms with Gasteiger partial charge in [-0.25, -0.2) is 4.68 Å². The van der Waals surface area contributed by atoms with E-state index in [9.17, 15) is 9.59 Å². The number of nitrogens with one attached hydrogen (secondary N) is 1. The summed E-state index contributed by atoms with van der Waals surface area (Å²) < 4.78 is 6.33. The van der Waals surface area contributed by atoms with E-state index in [1.165, 1.54) is 10.2 Å². The SMILES string of the molecule is CC[C@@H](C(=O)Nc1ccc(C(C)C)cc1)n1nc(C)c2c(C)onc2c1=O. The Bertz CT molecular complexity index is 1030. The highest BCUT2D eigenvalue weighted by Crippen LogP contribution is 2.21. The highest BCUT2D eigenvalue weighted by atomic mass is 16.5. The molecular formula is C20H24N4O3. The number of hydrogen-bond donors (Lipinski definition) is 1. The van der Waals surface area contributed by atoms with Gasteiger partial charge in [-0.05, 0) is 43.9 Å². The van der Waals surface area contributed by atoms with Crippen LogP contribution < -0.4 is 10.9 Å². The molecule has 1 amide bonds. The van der Waals surface area contributed by atoms with Gasteiger partial charge in [-0.2, -0.15) is 5.10 Å². The van der Waals surface area contributed by atoms with Gasteiger partial charge < -0.3 is 9.84 Å². The number of aromatic nitrogens is 3. The minimum atomic E-state index is -0.734. The lowest BCUT2D eigenvalue weighted by molar-refractivity contribution is -0.119. The number of hydrogen-bond acceptors (Lipinski definition) is 5. The van der Waals surface area contributed by atoms with Crippen LogP contribution in [0.2, 0.25) is 0 Å². The first-order chi connectivity index (χ1) is 12.8. The third-order valence-corrected chi connectivity index (χ3v) is 4.72. The summed E-state index contributed by atoms with van der Waals surface area (Å²) in [7, 11) is 0. The van der Waals surface area contributed by atoms with Crippen molar-refractivity contribution < 1.29 is 9.32 Å². The molecule has 2 aromatic heterocycles. The van der Waals surface area contributed by atoms with Crippen molar-refractivity contribution in [3.63, 3.8) is 0 Å². The second kappa shape index (κ2) is 7.34. The zero-order chi connectivity index (χ0) is 19.7. The van der Waals surface area contributed by atoms with Crippen molar-refractivity contribution in [1.29, 1.82) is 0 Å². The molecule has 3 rings (SSSR count). The van der Waals surface area contributed by atoms with E-state index in [0.717, 1.165) is 0 Å². The van der Waals surface area contributed by atoms with Gasteiger partial charge in [0.05, 0.1) is 11.1 Å². The molecule has 0 aliphatic carbocycles. The monoisotopic (exact) mass is 368 g/mol. The van der Waals surface area contributed by atoms with Gasteiger partial charge in [0, 0.05) is 5.69 Å². The molecule has 27 heavy (non-hydrogen) atoms. The summed E-state index contributed by atoms with van der Waals surface area (Å²) in [5, 5.41) is 11.7. The first-order valence-electron chi connectivity index (χ1n) is 9.09. The standard InChI is InChI=1S/C20H24N4O3/c1-6-16(19(25)21-15-9-7-14(8-10-15)11(2)3)24-20(26)18-17(12(4)22-24)13(5)27-23-18/h7-11,16H,6H2,1-5H3,(H,21,25)/t16-/m0/s1. The lowest BCUT2D eigenvalue weighted by Crippen LogP contribution is -2.35. The van der Waals surface area contributed by atoms with Gasteiger partial charge in [0.2, 0.25) is 5.91 Å². The molecule has 1 aromatic carbocycles. The Morgan fingerprint density at radius 1 is 1.22 bits per heavy atom. The van der Waals surface area contributed by atoms with Crippen molar-refractivity contribution in [2.45, 2.75) is 53.0 Å². The van der Waals surface area contributed by atoms with Crippen molar-refractivity contribution in [3.8, 4) is 0 Å². The Morgan fingerprint density at radius 3 is 2.48 bits per heavy atom. The Labute approximate surface area is 157 Å². The van der Waals surface area contributed by atoms with E-state index in [1.807, 2.05) is 31.2 Å². The van der Waals surface area contributed by atoms with Crippen LogP contribution in [0.1, 0.15) is 56.2 Å². The van der Waals surface area contributed by atoms with Crippen LogP contribution in [0.3, 0.4) is 0 Å². The van der Waals surface area contributed by atoms with E-state index < -0.39 is 11.6 Å². The van der Waals surface area contributed by atoms with Gasteiger partial charge in [0.1, 0.15) is 11.8 Å². The van der Waals surface area contributed by atoms with Crippen molar-refractivity contribution in [2.24, 2.45) is 0 Å². The molecule has 0 saturated carbocycles. The molecule has 7 heteroatoms. The number of carbonyl (C=O) groups excluding carboxylic acids is 1. The number of fused-ring (bicyclic) bond motifs is 1. The van der Waals surface area contributed by atoms with E-state index >= 15 is 0 Å². The minimum absolute atomic E-state index is 0.201. The molecule has 0 unspecified atom stereocenters. The third-order valence-electron chi connectivity index (χ3n) is 4.72. The Balaban J connectivity index is 1.92. The second-order valence-corrected chi connectivity index (χ2v) is 6.99. The van der Waals surface area contributed by atoms with Gasteiger partial charge in [-0.1, -0.05) is 38.1 Å². The second-order valence-electron chi connectivity index (χ2n) is 6.99. The summed E-state index contributed by atoms with van der Waals surface area (Å²) >= 11 is 0. The minimum Gasteiger partial charge on any atom is -0.360 e. The predicted molar refractivity (Wildman–Crippen MR) is 104 cm³/mol. The van der Waals surface area contributed by atoms with Crippen LogP contribution in [-0.4, -0.2) is 20.8 Å². The largest absolute Gasteiger partial charge is 0.360 e. The number of aryl methyl sites for hydroxylation is 2. The Morgan fingerprint density at radius 2 is 1.89 bits per heavy atom. The van der Waals surface area contributed by atoms with Crippen LogP contribution in [-0.2, 0) is 4.79 Å². The maximum atomic E-state index is 12.8. The fourth-order valence-corrected chi connectivity index (χ4v) is 3.17. The summed E-state index contributed by atoms with van der Waals surface area (Å²) in [6.45, 7) is 9.58. The molecule has 2 heterocycles. The molecule has 7 nitrogen and oxygen atoms in total. The Hall–Kier alpha value is -2.96. The quantitative estimate of drug-likeness (QED) is 0.741. The number of carbonyl (C=O) groups is 1. The molecule has 1 N–H and O–H groups in total. The molecule has 0 bridgehead atoms. The van der Waals surface area contributed by atoms with Crippen LogP contribution in [0.25, 0.3) is 10.9 Å². The van der Waals surface area contributed by atoms with Gasteiger partial charge in [0.25, 0.3) is 5.56 Å². The molecule has 0 fully saturated rings. The predicted octanol–water partition coefficient (Wildman–Crippen LogP) is 3.71. The molecule has 0 radical (unpaired) electrons. The van der Waals surface area contributed by atoms with Crippen LogP contribution in [0.15, 0.2) is 33.6 Å². The van der Waals surface area contributed by atoms with Crippen LogP contribution in [0.5, 0.6) is 0 Å². The molecule has 1 atom stereocenters. The van der Waals surface area contributed by atoms with Crippen LogP contribution >= 0.6 is 0 Å². The van der Waals surface area contributed by atoms with E-state index in [2.05, 4.69) is 29.4 Å². The lowest BCUT2D eigenvalue weighted by atomic mass is 10.0. The average Bonchev–Trinajstić information content (AvgIpc) is 3.02. The maximum Gasteiger partial charge on any atom is 0.297 e. The van der Waals surface area contributed by atoms with Crippen LogP contribution in [0.4, 0.5) is 5.69 Å². The number of amides is 1. The zero-order valence-electron chi connectivity index (χ0n) is 16.2. The van der Waals surface area contributed by atoms with Crippen molar-refractivity contribution >= 4 is 22.5 Å². The maximum absolute atomic E-state index is 12.8. The number of benzene rings is 1. The Kier molecular flexibility index (Phi) is 5.12. The lowest BCUT2D eigenvalue weighted by Gasteiger charge is -2.17. The fourth-order valence-electron chi connectivity index (χ4n) is 3.17. The molecule has 0 aliphatic heterocycles. The summed E-state index contributed by atoms with van der Waals surface area (Å²) in [6, 6.07) is 6.97. The van der Waals surface area contributed by atoms with E-state index in [4.69, 9.17) is 4.52 Å². The highest BCUT2D eigenvalue weighted by molar-refractivity contribution is 5.94. The summed E-state index contributed by atoms with van der Waals surface area (Å²) in [6.07, 6.45) is 0.421. The molecule has 0 aliphatic rings. The van der Waals surface area contributed by atoms with Crippen molar-refractivity contribution in [3.05, 3.63) is 51.6 Å². The topological polar surface area (TPSA) is 90.0 Å². The van der Waals surface area contributed by atoms with Crippen LogP contribution in [0, 0.1) is 13.8 Å². The molecular weight excluding hydrogens is 344 g/mol. The smallest absolute Gasteiger partial charge is 0.297 e. The normalized spacial score (nSPS) is 12.5. The first kappa shape index (κ1) is 18.8. The highest BCUT2D eigenvalue weighted by Gasteiger charge is 2.24. The van der Waals surface area contributed by atoms with Gasteiger partial charge in [-0.15, -0.1) is 0 Å². The fraction of sp³-hybridized carbons (Fsp3) is 0.400. The number of nitrogens with zero attached hydrogens (tertiary/aromatic N) is 3. The molecule has 0 saturated heterocycles. The van der Waals surface area contributed by atoms with Gasteiger partial charge >= 0.3 is 0 Å². The van der Waals surface area contributed by atoms with Gasteiger partial charge in [0.15, 0.2) is 5.52 Å². The van der Waals surface area contributed by atoms with E-state index in [-0.39, 0.29) is 11.4 Å². The van der Waals surface area contributed by atoms with E-state index in [0.29, 0.717) is 34.9 Å². The number of rotatable bonds is 5. The number of anilines is 1. The van der Waals surface area contributed by atoms with E-state index in [1.54, 1.807) is 13.8 Å². The third kappa shape index (κ3) is 3.49. The van der Waals surface area contributed by atoms with Crippen molar-refractivity contribution in [1.82, 2.24) is 14.9 Å². The summed E-state index contributed by atoms with van der Waals surface area (Å²) in [5.41, 5.74) is 2.26. The zero-order valence-corrected chi connectivity index (χ0v) is 16.2. The molecule has 142 valence electrons. The molecule has 0 spiro atoms.